The van der Waals surface area contributed by atoms with Crippen LogP contribution in [0, 0.1) is 5.92 Å². The first-order chi connectivity index (χ1) is 5.56. The third-order valence-corrected chi connectivity index (χ3v) is 2.23. The van der Waals surface area contributed by atoms with Crippen LogP contribution < -0.4 is 5.32 Å². The summed E-state index contributed by atoms with van der Waals surface area (Å²) in [5, 5.41) is 3.20. The zero-order chi connectivity index (χ0) is 9.19. The predicted molar refractivity (Wildman–Crippen MR) is 46.8 cm³/mol. The number of methoxy groups -OCH3 is 1. The van der Waals surface area contributed by atoms with Crippen LogP contribution in [0.3, 0.4) is 0 Å². The van der Waals surface area contributed by atoms with E-state index in [4.69, 9.17) is 0 Å². The molecule has 1 fully saturated rings. The molecule has 70 valence electrons. The summed E-state index contributed by atoms with van der Waals surface area (Å²) in [4.78, 5) is 11.2. The summed E-state index contributed by atoms with van der Waals surface area (Å²) in [6.45, 7) is 4.63. The fourth-order valence-corrected chi connectivity index (χ4v) is 1.05. The van der Waals surface area contributed by atoms with Gasteiger partial charge in [0.15, 0.2) is 0 Å². The number of nitrogens with one attached hydrogen (secondary N) is 1. The number of hydrogen-bond acceptors (Lipinski definition) is 3. The minimum Gasteiger partial charge on any atom is -0.468 e. The highest BCUT2D eigenvalue weighted by atomic mass is 16.5. The van der Waals surface area contributed by atoms with Gasteiger partial charge in [-0.2, -0.15) is 0 Å². The van der Waals surface area contributed by atoms with Crippen molar-refractivity contribution in [2.75, 3.05) is 13.7 Å². The van der Waals surface area contributed by atoms with Crippen molar-refractivity contribution in [3.63, 3.8) is 0 Å². The molecule has 0 saturated heterocycles. The molecule has 1 rings (SSSR count). The molecule has 3 heteroatoms. The number of esters is 1. The number of ether oxygens (including phenoxy) is 1. The summed E-state index contributed by atoms with van der Waals surface area (Å²) in [5.41, 5.74) is -0.530. The van der Waals surface area contributed by atoms with Gasteiger partial charge in [-0.05, 0) is 39.2 Å². The minimum absolute atomic E-state index is 0.192. The lowest BCUT2D eigenvalue weighted by Crippen LogP contribution is -2.48. The van der Waals surface area contributed by atoms with E-state index in [0.717, 1.165) is 12.5 Å². The van der Waals surface area contributed by atoms with Crippen LogP contribution >= 0.6 is 0 Å². The van der Waals surface area contributed by atoms with Gasteiger partial charge in [-0.1, -0.05) is 0 Å². The van der Waals surface area contributed by atoms with E-state index >= 15 is 0 Å². The average molecular weight is 171 g/mol. The molecular weight excluding hydrogens is 154 g/mol. The van der Waals surface area contributed by atoms with Crippen LogP contribution in [-0.2, 0) is 9.53 Å². The molecule has 0 amide bonds. The Morgan fingerprint density at radius 3 is 2.58 bits per heavy atom. The van der Waals surface area contributed by atoms with Crippen LogP contribution in [0.5, 0.6) is 0 Å². The second kappa shape index (κ2) is 3.44. The van der Waals surface area contributed by atoms with Crippen LogP contribution in [0.4, 0.5) is 0 Å². The summed E-state index contributed by atoms with van der Waals surface area (Å²) in [7, 11) is 1.42. The van der Waals surface area contributed by atoms with E-state index in [-0.39, 0.29) is 5.97 Å². The van der Waals surface area contributed by atoms with Crippen molar-refractivity contribution in [1.29, 1.82) is 0 Å². The Kier molecular flexibility index (Phi) is 2.73. The highest BCUT2D eigenvalue weighted by Crippen LogP contribution is 2.28. The van der Waals surface area contributed by atoms with E-state index in [9.17, 15) is 4.79 Å². The molecule has 0 unspecified atom stereocenters. The molecule has 0 aromatic carbocycles. The van der Waals surface area contributed by atoms with Crippen LogP contribution in [0.1, 0.15) is 26.7 Å². The predicted octanol–water partition coefficient (Wildman–Crippen LogP) is 0.938. The van der Waals surface area contributed by atoms with Crippen molar-refractivity contribution in [3.8, 4) is 0 Å². The smallest absolute Gasteiger partial charge is 0.325 e. The fraction of sp³-hybridized carbons (Fsp3) is 0.889. The van der Waals surface area contributed by atoms with Crippen molar-refractivity contribution < 1.29 is 9.53 Å². The molecule has 0 heterocycles. The fourth-order valence-electron chi connectivity index (χ4n) is 1.05. The summed E-state index contributed by atoms with van der Waals surface area (Å²) < 4.78 is 4.67. The Bertz CT molecular complexity index is 173. The highest BCUT2D eigenvalue weighted by molar-refractivity contribution is 5.79. The van der Waals surface area contributed by atoms with Crippen molar-refractivity contribution in [1.82, 2.24) is 5.32 Å². The number of hydrogen-bond donors (Lipinski definition) is 1. The third kappa shape index (κ3) is 2.48. The van der Waals surface area contributed by atoms with E-state index in [1.165, 1.54) is 20.0 Å². The van der Waals surface area contributed by atoms with Gasteiger partial charge in [0, 0.05) is 0 Å². The van der Waals surface area contributed by atoms with Gasteiger partial charge in [-0.3, -0.25) is 4.79 Å². The molecule has 0 aromatic rings. The molecule has 1 aliphatic rings. The zero-order valence-electron chi connectivity index (χ0n) is 8.02. The lowest BCUT2D eigenvalue weighted by molar-refractivity contribution is -0.147. The van der Waals surface area contributed by atoms with Gasteiger partial charge < -0.3 is 10.1 Å². The van der Waals surface area contributed by atoms with Crippen molar-refractivity contribution in [3.05, 3.63) is 0 Å². The molecule has 0 aromatic heterocycles. The van der Waals surface area contributed by atoms with Crippen LogP contribution in [0.15, 0.2) is 0 Å². The first-order valence-corrected chi connectivity index (χ1v) is 4.39. The Balaban J connectivity index is 2.29. The molecule has 0 spiro atoms. The quantitative estimate of drug-likeness (QED) is 0.640. The minimum atomic E-state index is -0.530. The molecule has 1 saturated carbocycles. The van der Waals surface area contributed by atoms with Crippen LogP contribution in [0.2, 0.25) is 0 Å². The average Bonchev–Trinajstić information content (AvgIpc) is 2.82. The summed E-state index contributed by atoms with van der Waals surface area (Å²) >= 11 is 0. The van der Waals surface area contributed by atoms with Gasteiger partial charge in [0.2, 0.25) is 0 Å². The van der Waals surface area contributed by atoms with Gasteiger partial charge in [-0.25, -0.2) is 0 Å². The van der Waals surface area contributed by atoms with Gasteiger partial charge in [0.1, 0.15) is 5.54 Å². The third-order valence-electron chi connectivity index (χ3n) is 2.23. The first-order valence-electron chi connectivity index (χ1n) is 4.39. The summed E-state index contributed by atoms with van der Waals surface area (Å²) in [6, 6.07) is 0. The van der Waals surface area contributed by atoms with Crippen molar-refractivity contribution in [2.24, 2.45) is 5.92 Å². The normalized spacial score (nSPS) is 17.6. The highest BCUT2D eigenvalue weighted by Gasteiger charge is 2.31. The monoisotopic (exact) mass is 171 g/mol. The summed E-state index contributed by atoms with van der Waals surface area (Å²) in [6.07, 6.45) is 2.59. The maximum atomic E-state index is 11.2. The molecule has 1 N–H and O–H groups in total. The van der Waals surface area contributed by atoms with Crippen molar-refractivity contribution >= 4 is 5.97 Å². The van der Waals surface area contributed by atoms with Gasteiger partial charge >= 0.3 is 5.97 Å². The second-order valence-electron chi connectivity index (χ2n) is 3.94. The van der Waals surface area contributed by atoms with E-state index < -0.39 is 5.54 Å². The molecule has 0 bridgehead atoms. The number of carbonyl (C=O) groups excluding carboxylic acids is 1. The molecule has 0 radical (unpaired) electrons. The maximum absolute atomic E-state index is 11.2. The van der Waals surface area contributed by atoms with Crippen LogP contribution in [-0.4, -0.2) is 25.2 Å². The second-order valence-corrected chi connectivity index (χ2v) is 3.94. The molecule has 12 heavy (non-hydrogen) atoms. The largest absolute Gasteiger partial charge is 0.468 e. The van der Waals surface area contributed by atoms with E-state index in [1.54, 1.807) is 0 Å². The zero-order valence-corrected chi connectivity index (χ0v) is 8.02. The van der Waals surface area contributed by atoms with Gasteiger partial charge in [0.25, 0.3) is 0 Å². The van der Waals surface area contributed by atoms with E-state index in [1.807, 2.05) is 13.8 Å². The standard InChI is InChI=1S/C9H17NO2/c1-9(2,8(11)12-3)10-6-7-4-5-7/h7,10H,4-6H2,1-3H3. The van der Waals surface area contributed by atoms with Crippen LogP contribution in [0.25, 0.3) is 0 Å². The Hall–Kier alpha value is -0.570. The Morgan fingerprint density at radius 1 is 1.58 bits per heavy atom. The first kappa shape index (κ1) is 9.52. The van der Waals surface area contributed by atoms with Crippen molar-refractivity contribution in [2.45, 2.75) is 32.2 Å². The lowest BCUT2D eigenvalue weighted by atomic mass is 10.1. The summed E-state index contributed by atoms with van der Waals surface area (Å²) in [5.74, 6) is 0.595. The molecular formula is C9H17NO2. The number of carbonyl (C=O) groups is 1. The lowest BCUT2D eigenvalue weighted by Gasteiger charge is -2.22. The Morgan fingerprint density at radius 2 is 2.17 bits per heavy atom. The van der Waals surface area contributed by atoms with E-state index in [2.05, 4.69) is 10.1 Å². The SMILES string of the molecule is COC(=O)C(C)(C)NCC1CC1. The van der Waals surface area contributed by atoms with E-state index in [0.29, 0.717) is 0 Å². The topological polar surface area (TPSA) is 38.3 Å². The molecule has 1 aliphatic carbocycles. The van der Waals surface area contributed by atoms with Gasteiger partial charge in [-0.15, -0.1) is 0 Å². The number of rotatable bonds is 4. The van der Waals surface area contributed by atoms with Gasteiger partial charge in [0.05, 0.1) is 7.11 Å². The Labute approximate surface area is 73.5 Å². The molecule has 0 atom stereocenters. The maximum Gasteiger partial charge on any atom is 0.325 e. The molecule has 0 aliphatic heterocycles. The molecule has 3 nitrogen and oxygen atoms in total.